The number of likely N-dealkylation sites (N-methyl/N-ethyl adjacent to an activating group) is 1. The molecule has 2 aromatic rings. The van der Waals surface area contributed by atoms with E-state index in [1.165, 1.54) is 20.3 Å². The van der Waals surface area contributed by atoms with E-state index < -0.39 is 28.9 Å². The molecule has 1 aliphatic rings. The molecular formula is C16H15N5O4. The van der Waals surface area contributed by atoms with Crippen molar-refractivity contribution in [2.75, 3.05) is 7.05 Å². The van der Waals surface area contributed by atoms with Gasteiger partial charge in [-0.1, -0.05) is 18.2 Å². The Bertz CT molecular complexity index is 1030. The summed E-state index contributed by atoms with van der Waals surface area (Å²) in [7, 11) is 2.71. The lowest BCUT2D eigenvalue weighted by Gasteiger charge is -2.20. The van der Waals surface area contributed by atoms with Crippen LogP contribution in [0.3, 0.4) is 0 Å². The van der Waals surface area contributed by atoms with Gasteiger partial charge in [0.15, 0.2) is 0 Å². The zero-order valence-corrected chi connectivity index (χ0v) is 13.8. The quantitative estimate of drug-likeness (QED) is 0.675. The lowest BCUT2D eigenvalue weighted by molar-refractivity contribution is -0.144. The number of hydrazone groups is 1. The third-order valence-corrected chi connectivity index (χ3v) is 3.98. The molecule has 1 amide bonds. The molecule has 9 nitrogen and oxygen atoms in total. The summed E-state index contributed by atoms with van der Waals surface area (Å²) < 4.78 is 1.91. The number of aromatic nitrogens is 3. The molecule has 0 radical (unpaired) electrons. The van der Waals surface area contributed by atoms with E-state index in [0.29, 0.717) is 11.3 Å². The van der Waals surface area contributed by atoms with Crippen LogP contribution in [-0.2, 0) is 16.6 Å². The number of carbonyl (C=O) groups is 2. The van der Waals surface area contributed by atoms with Gasteiger partial charge in [0.2, 0.25) is 5.78 Å². The first-order valence-electron chi connectivity index (χ1n) is 7.45. The summed E-state index contributed by atoms with van der Waals surface area (Å²) in [6.07, 6.45) is 1.18. The van der Waals surface area contributed by atoms with Crippen molar-refractivity contribution < 1.29 is 9.59 Å². The van der Waals surface area contributed by atoms with E-state index in [2.05, 4.69) is 10.2 Å². The molecule has 0 N–H and O–H groups in total. The van der Waals surface area contributed by atoms with Crippen molar-refractivity contribution in [3.63, 3.8) is 0 Å². The minimum atomic E-state index is -1.22. The van der Waals surface area contributed by atoms with Gasteiger partial charge in [0.25, 0.3) is 5.56 Å². The van der Waals surface area contributed by atoms with Crippen LogP contribution < -0.4 is 11.2 Å². The van der Waals surface area contributed by atoms with E-state index in [1.54, 1.807) is 31.2 Å². The van der Waals surface area contributed by atoms with E-state index in [9.17, 15) is 19.2 Å². The van der Waals surface area contributed by atoms with Crippen molar-refractivity contribution in [2.45, 2.75) is 12.8 Å². The average molecular weight is 341 g/mol. The third-order valence-electron chi connectivity index (χ3n) is 3.98. The lowest BCUT2D eigenvalue weighted by atomic mass is 10.00. The Morgan fingerprint density at radius 1 is 1.04 bits per heavy atom. The highest BCUT2D eigenvalue weighted by atomic mass is 16.2. The number of amides is 1. The summed E-state index contributed by atoms with van der Waals surface area (Å²) in [5, 5.41) is 8.59. The molecule has 9 heteroatoms. The number of nitrogens with zero attached hydrogens (tertiary/aromatic N) is 5. The fourth-order valence-corrected chi connectivity index (χ4v) is 2.59. The Morgan fingerprint density at radius 2 is 1.72 bits per heavy atom. The molecule has 3 rings (SSSR count). The standard InChI is InChI=1S/C16H15N5O4/c1-9-6-4-5-7-11(9)21-14(23)12(18-20(3)16(21)25)10-8-17-19(2)15(24)13(10)22/h4-8,10H,1-3H3. The molecule has 0 spiro atoms. The van der Waals surface area contributed by atoms with Crippen LogP contribution in [0.2, 0.25) is 0 Å². The van der Waals surface area contributed by atoms with Gasteiger partial charge in [-0.05, 0) is 18.6 Å². The number of Topliss-reactive ketones (excluding diaryl/α,β-unsaturated/α-hetero) is 1. The van der Waals surface area contributed by atoms with Crippen LogP contribution in [0.25, 0.3) is 5.69 Å². The maximum atomic E-state index is 12.9. The summed E-state index contributed by atoms with van der Waals surface area (Å²) in [4.78, 5) is 49.4. The summed E-state index contributed by atoms with van der Waals surface area (Å²) in [6.45, 7) is 1.76. The number of rotatable bonds is 2. The molecule has 1 atom stereocenters. The van der Waals surface area contributed by atoms with Gasteiger partial charge in [-0.25, -0.2) is 19.1 Å². The van der Waals surface area contributed by atoms with Gasteiger partial charge < -0.3 is 0 Å². The topological polar surface area (TPSA) is 107 Å². The van der Waals surface area contributed by atoms with Crippen LogP contribution in [0.1, 0.15) is 17.2 Å². The minimum Gasteiger partial charge on any atom is -0.287 e. The van der Waals surface area contributed by atoms with Crippen molar-refractivity contribution in [3.8, 4) is 5.69 Å². The highest BCUT2D eigenvalue weighted by Gasteiger charge is 2.35. The number of carbonyl (C=O) groups excluding carboxylic acids is 2. The molecule has 1 aromatic carbocycles. The summed E-state index contributed by atoms with van der Waals surface area (Å²) in [5.74, 6) is -2.89. The molecule has 1 aliphatic heterocycles. The molecule has 0 aliphatic carbocycles. The van der Waals surface area contributed by atoms with Crippen molar-refractivity contribution in [2.24, 2.45) is 12.1 Å². The normalized spacial score (nSPS) is 17.2. The van der Waals surface area contributed by atoms with Gasteiger partial charge in [0, 0.05) is 20.3 Å². The fraction of sp³-hybridized carbons (Fsp3) is 0.250. The van der Waals surface area contributed by atoms with Crippen LogP contribution >= 0.6 is 0 Å². The Hall–Kier alpha value is -3.36. The van der Waals surface area contributed by atoms with Crippen molar-refractivity contribution in [3.05, 3.63) is 56.4 Å². The van der Waals surface area contributed by atoms with E-state index in [-0.39, 0.29) is 5.69 Å². The van der Waals surface area contributed by atoms with E-state index in [0.717, 1.165) is 14.3 Å². The van der Waals surface area contributed by atoms with E-state index >= 15 is 0 Å². The monoisotopic (exact) mass is 341 g/mol. The van der Waals surface area contributed by atoms with Crippen LogP contribution in [0.4, 0.5) is 0 Å². The second-order valence-corrected chi connectivity index (χ2v) is 5.65. The largest absolute Gasteiger partial charge is 0.351 e. The lowest BCUT2D eigenvalue weighted by Crippen LogP contribution is -2.46. The predicted molar refractivity (Wildman–Crippen MR) is 88.8 cm³/mol. The van der Waals surface area contributed by atoms with Gasteiger partial charge >= 0.3 is 11.6 Å². The molecule has 1 aromatic heterocycles. The molecule has 0 saturated carbocycles. The second kappa shape index (κ2) is 5.93. The fourth-order valence-electron chi connectivity index (χ4n) is 2.59. The number of hydrogen-bond acceptors (Lipinski definition) is 6. The number of hydrogen-bond donors (Lipinski definition) is 0. The zero-order valence-electron chi connectivity index (χ0n) is 13.8. The zero-order chi connectivity index (χ0) is 18.3. The molecule has 0 fully saturated rings. The van der Waals surface area contributed by atoms with Crippen molar-refractivity contribution in [1.82, 2.24) is 19.4 Å². The molecule has 128 valence electrons. The van der Waals surface area contributed by atoms with Gasteiger partial charge in [-0.15, -0.1) is 0 Å². The van der Waals surface area contributed by atoms with Gasteiger partial charge in [-0.2, -0.15) is 10.2 Å². The van der Waals surface area contributed by atoms with Gasteiger partial charge in [0.05, 0.1) is 5.69 Å². The highest BCUT2D eigenvalue weighted by Crippen LogP contribution is 2.15. The Morgan fingerprint density at radius 3 is 2.40 bits per heavy atom. The predicted octanol–water partition coefficient (Wildman–Crippen LogP) is -0.650. The average Bonchev–Trinajstić information content (AvgIpc) is 2.58. The smallest absolute Gasteiger partial charge is 0.287 e. The van der Waals surface area contributed by atoms with Crippen LogP contribution in [0.15, 0.2) is 39.0 Å². The van der Waals surface area contributed by atoms with Gasteiger partial charge in [0.1, 0.15) is 11.6 Å². The van der Waals surface area contributed by atoms with E-state index in [4.69, 9.17) is 0 Å². The summed E-state index contributed by atoms with van der Waals surface area (Å²) in [5.41, 5.74) is -0.523. The summed E-state index contributed by atoms with van der Waals surface area (Å²) >= 11 is 0. The SMILES string of the molecule is Cc1ccccc1-n1c(=O)c(C2C=NN(C)C(=O)C2=O)nn(C)c1=O. The Labute approximate surface area is 141 Å². The van der Waals surface area contributed by atoms with Crippen LogP contribution in [0, 0.1) is 6.92 Å². The maximum Gasteiger partial charge on any atom is 0.351 e. The van der Waals surface area contributed by atoms with Crippen LogP contribution in [-0.4, -0.2) is 44.3 Å². The Kier molecular flexibility index (Phi) is 3.91. The number of ketones is 1. The second-order valence-electron chi connectivity index (χ2n) is 5.65. The first-order valence-corrected chi connectivity index (χ1v) is 7.45. The molecule has 0 saturated heterocycles. The maximum absolute atomic E-state index is 12.9. The number of aryl methyl sites for hydroxylation is 2. The third kappa shape index (κ3) is 2.59. The molecule has 2 heterocycles. The highest BCUT2D eigenvalue weighted by molar-refractivity contribution is 6.42. The van der Waals surface area contributed by atoms with Crippen molar-refractivity contribution in [1.29, 1.82) is 0 Å². The van der Waals surface area contributed by atoms with Gasteiger partial charge in [-0.3, -0.25) is 14.4 Å². The van der Waals surface area contributed by atoms with Crippen LogP contribution in [0.5, 0.6) is 0 Å². The van der Waals surface area contributed by atoms with Crippen molar-refractivity contribution >= 4 is 17.9 Å². The summed E-state index contributed by atoms with van der Waals surface area (Å²) in [6, 6.07) is 6.85. The number of para-hydroxylation sites is 1. The molecule has 0 bridgehead atoms. The first-order chi connectivity index (χ1) is 11.8. The molecule has 25 heavy (non-hydrogen) atoms. The molecule has 1 unspecified atom stereocenters. The van der Waals surface area contributed by atoms with E-state index in [1.807, 2.05) is 0 Å². The minimum absolute atomic E-state index is 0.222. The molecular weight excluding hydrogens is 326 g/mol. The Balaban J connectivity index is 2.29. The number of benzene rings is 1. The first kappa shape index (κ1) is 16.5.